The Bertz CT molecular complexity index is 899. The Kier molecular flexibility index (Phi) is 8.12. The molecule has 7 nitrogen and oxygen atoms in total. The topological polar surface area (TPSA) is 80.8 Å². The van der Waals surface area contributed by atoms with Crippen LogP contribution in [0.15, 0.2) is 36.7 Å². The lowest BCUT2D eigenvalue weighted by atomic mass is 9.95. The van der Waals surface area contributed by atoms with Crippen LogP contribution in [0.5, 0.6) is 11.5 Å². The number of halogens is 1. The third kappa shape index (κ3) is 5.88. The molecular weight excluding hydrogens is 418 g/mol. The Morgan fingerprint density at radius 1 is 1.29 bits per heavy atom. The maximum Gasteiger partial charge on any atom is 0.254 e. The first-order chi connectivity index (χ1) is 15.0. The number of carbonyl (C=O) groups excluding carboxylic acids is 2. The van der Waals surface area contributed by atoms with E-state index in [-0.39, 0.29) is 17.7 Å². The molecule has 31 heavy (non-hydrogen) atoms. The van der Waals surface area contributed by atoms with Crippen LogP contribution in [0.3, 0.4) is 0 Å². The normalized spacial score (nSPS) is 14.2. The van der Waals surface area contributed by atoms with Crippen LogP contribution >= 0.6 is 11.6 Å². The van der Waals surface area contributed by atoms with Crippen molar-refractivity contribution in [3.05, 3.63) is 52.8 Å². The zero-order chi connectivity index (χ0) is 22.2. The van der Waals surface area contributed by atoms with Crippen molar-refractivity contribution >= 4 is 23.4 Å². The van der Waals surface area contributed by atoms with Crippen LogP contribution in [-0.2, 0) is 11.3 Å². The van der Waals surface area contributed by atoms with Gasteiger partial charge in [0.05, 0.1) is 18.7 Å². The molecule has 2 amide bonds. The number of benzene rings is 1. The molecule has 1 aliphatic rings. The first-order valence-corrected chi connectivity index (χ1v) is 10.9. The Hall–Kier alpha value is -2.80. The Balaban J connectivity index is 1.57. The predicted molar refractivity (Wildman–Crippen MR) is 119 cm³/mol. The molecule has 0 atom stereocenters. The minimum Gasteiger partial charge on any atom is -0.493 e. The van der Waals surface area contributed by atoms with Crippen molar-refractivity contribution in [3.8, 4) is 11.5 Å². The third-order valence-electron chi connectivity index (χ3n) is 5.27. The minimum absolute atomic E-state index is 0.0121. The van der Waals surface area contributed by atoms with Crippen LogP contribution < -0.4 is 14.8 Å². The lowest BCUT2D eigenvalue weighted by molar-refractivity contribution is -0.126. The number of amides is 2. The average molecular weight is 446 g/mol. The fourth-order valence-corrected chi connectivity index (χ4v) is 3.82. The molecule has 2 aromatic rings. The zero-order valence-electron chi connectivity index (χ0n) is 17.9. The van der Waals surface area contributed by atoms with Gasteiger partial charge in [-0.2, -0.15) is 0 Å². The number of methoxy groups -OCH3 is 1. The highest BCUT2D eigenvalue weighted by Crippen LogP contribution is 2.37. The van der Waals surface area contributed by atoms with Gasteiger partial charge >= 0.3 is 0 Å². The summed E-state index contributed by atoms with van der Waals surface area (Å²) in [6.45, 7) is 3.99. The van der Waals surface area contributed by atoms with Crippen molar-refractivity contribution in [2.75, 3.05) is 26.8 Å². The number of hydrogen-bond donors (Lipinski definition) is 1. The second-order valence-electron chi connectivity index (χ2n) is 7.48. The van der Waals surface area contributed by atoms with E-state index in [0.717, 1.165) is 12.0 Å². The van der Waals surface area contributed by atoms with Crippen LogP contribution in [0.1, 0.15) is 42.1 Å². The van der Waals surface area contributed by atoms with Gasteiger partial charge < -0.3 is 19.7 Å². The molecule has 8 heteroatoms. The van der Waals surface area contributed by atoms with Gasteiger partial charge in [0.2, 0.25) is 5.91 Å². The summed E-state index contributed by atoms with van der Waals surface area (Å²) in [4.78, 5) is 31.3. The van der Waals surface area contributed by atoms with E-state index in [4.69, 9.17) is 21.1 Å². The molecule has 0 aliphatic carbocycles. The maximum absolute atomic E-state index is 13.0. The van der Waals surface area contributed by atoms with Gasteiger partial charge in [-0.05, 0) is 43.0 Å². The highest BCUT2D eigenvalue weighted by Gasteiger charge is 2.28. The van der Waals surface area contributed by atoms with Crippen molar-refractivity contribution < 1.29 is 19.1 Å². The molecule has 0 unspecified atom stereocenters. The number of nitrogens with zero attached hydrogens (tertiary/aromatic N) is 2. The molecule has 166 valence electrons. The van der Waals surface area contributed by atoms with E-state index in [0.29, 0.717) is 61.2 Å². The third-order valence-corrected chi connectivity index (χ3v) is 5.55. The molecule has 1 fully saturated rings. The molecule has 0 radical (unpaired) electrons. The number of nitrogens with one attached hydrogen (secondary N) is 1. The molecule has 3 rings (SSSR count). The average Bonchev–Trinajstić information content (AvgIpc) is 2.81. The standard InChI is InChI=1S/C23H28ClN3O4/c1-3-11-31-21-19(24)12-18(13-20(21)30-2)23(29)27-9-6-17(7-10-27)22(28)26-15-16-5-4-8-25-14-16/h4-5,8,12-14,17H,3,6-7,9-11,15H2,1-2H3,(H,26,28). The number of likely N-dealkylation sites (tertiary alicyclic amines) is 1. The molecular formula is C23H28ClN3O4. The summed E-state index contributed by atoms with van der Waals surface area (Å²) in [5.41, 5.74) is 1.41. The van der Waals surface area contributed by atoms with E-state index >= 15 is 0 Å². The van der Waals surface area contributed by atoms with Gasteiger partial charge in [0, 0.05) is 43.5 Å². The Morgan fingerprint density at radius 2 is 2.06 bits per heavy atom. The summed E-state index contributed by atoms with van der Waals surface area (Å²) in [5, 5.41) is 3.31. The largest absolute Gasteiger partial charge is 0.493 e. The summed E-state index contributed by atoms with van der Waals surface area (Å²) >= 11 is 6.35. The lowest BCUT2D eigenvalue weighted by Gasteiger charge is -2.31. The number of carbonyl (C=O) groups is 2. The SMILES string of the molecule is CCCOc1c(Cl)cc(C(=O)N2CCC(C(=O)NCc3cccnc3)CC2)cc1OC. The van der Waals surface area contributed by atoms with E-state index in [1.807, 2.05) is 19.1 Å². The number of piperidine rings is 1. The molecule has 1 aromatic heterocycles. The monoisotopic (exact) mass is 445 g/mol. The Morgan fingerprint density at radius 3 is 2.71 bits per heavy atom. The molecule has 2 heterocycles. The van der Waals surface area contributed by atoms with Crippen molar-refractivity contribution in [1.29, 1.82) is 0 Å². The molecule has 1 aliphatic heterocycles. The number of aromatic nitrogens is 1. The fraction of sp³-hybridized carbons (Fsp3) is 0.435. The van der Waals surface area contributed by atoms with E-state index in [9.17, 15) is 9.59 Å². The quantitative estimate of drug-likeness (QED) is 0.670. The number of ether oxygens (including phenoxy) is 2. The number of hydrogen-bond acceptors (Lipinski definition) is 5. The van der Waals surface area contributed by atoms with Crippen molar-refractivity contribution in [1.82, 2.24) is 15.2 Å². The van der Waals surface area contributed by atoms with Crippen LogP contribution in [0.4, 0.5) is 0 Å². The van der Waals surface area contributed by atoms with Gasteiger partial charge in [-0.25, -0.2) is 0 Å². The van der Waals surface area contributed by atoms with Crippen LogP contribution in [0.2, 0.25) is 5.02 Å². The molecule has 0 spiro atoms. The Labute approximate surface area is 187 Å². The second kappa shape index (κ2) is 11.0. The van der Waals surface area contributed by atoms with E-state index in [2.05, 4.69) is 10.3 Å². The molecule has 1 aromatic carbocycles. The number of pyridine rings is 1. The zero-order valence-corrected chi connectivity index (χ0v) is 18.7. The maximum atomic E-state index is 13.0. The van der Waals surface area contributed by atoms with Gasteiger partial charge in [-0.15, -0.1) is 0 Å². The summed E-state index contributed by atoms with van der Waals surface area (Å²) in [5.74, 6) is 0.666. The first kappa shape index (κ1) is 22.9. The van der Waals surface area contributed by atoms with Gasteiger partial charge in [-0.3, -0.25) is 14.6 Å². The lowest BCUT2D eigenvalue weighted by Crippen LogP contribution is -2.43. The molecule has 0 saturated carbocycles. The summed E-state index contributed by atoms with van der Waals surface area (Å²) in [6.07, 6.45) is 5.51. The highest BCUT2D eigenvalue weighted by molar-refractivity contribution is 6.32. The smallest absolute Gasteiger partial charge is 0.254 e. The highest BCUT2D eigenvalue weighted by atomic mass is 35.5. The van der Waals surface area contributed by atoms with Gasteiger partial charge in [0.25, 0.3) is 5.91 Å². The van der Waals surface area contributed by atoms with Crippen molar-refractivity contribution in [2.45, 2.75) is 32.7 Å². The molecule has 1 N–H and O–H groups in total. The van der Waals surface area contributed by atoms with Crippen LogP contribution in [-0.4, -0.2) is 48.5 Å². The first-order valence-electron chi connectivity index (χ1n) is 10.5. The second-order valence-corrected chi connectivity index (χ2v) is 7.89. The van der Waals surface area contributed by atoms with E-state index in [1.54, 1.807) is 29.4 Å². The fourth-order valence-electron chi connectivity index (χ4n) is 3.55. The number of rotatable bonds is 8. The van der Waals surface area contributed by atoms with E-state index in [1.165, 1.54) is 7.11 Å². The van der Waals surface area contributed by atoms with Gasteiger partial charge in [-0.1, -0.05) is 24.6 Å². The predicted octanol–water partition coefficient (Wildman–Crippen LogP) is 3.70. The summed E-state index contributed by atoms with van der Waals surface area (Å²) in [6, 6.07) is 7.04. The van der Waals surface area contributed by atoms with Gasteiger partial charge in [0.15, 0.2) is 11.5 Å². The molecule has 1 saturated heterocycles. The van der Waals surface area contributed by atoms with Crippen LogP contribution in [0, 0.1) is 5.92 Å². The van der Waals surface area contributed by atoms with E-state index < -0.39 is 0 Å². The van der Waals surface area contributed by atoms with Crippen molar-refractivity contribution in [3.63, 3.8) is 0 Å². The van der Waals surface area contributed by atoms with Crippen LogP contribution in [0.25, 0.3) is 0 Å². The summed E-state index contributed by atoms with van der Waals surface area (Å²) in [7, 11) is 1.52. The van der Waals surface area contributed by atoms with Crippen molar-refractivity contribution in [2.24, 2.45) is 5.92 Å². The minimum atomic E-state index is -0.128. The van der Waals surface area contributed by atoms with Gasteiger partial charge in [0.1, 0.15) is 0 Å². The summed E-state index contributed by atoms with van der Waals surface area (Å²) < 4.78 is 11.0. The molecule has 0 bridgehead atoms.